The van der Waals surface area contributed by atoms with Gasteiger partial charge < -0.3 is 10.6 Å². The average molecular weight is 337 g/mol. The first-order valence-corrected chi connectivity index (χ1v) is 8.05. The number of nitrogen functional groups attached to an aromatic ring is 1. The van der Waals surface area contributed by atoms with Gasteiger partial charge in [0.25, 0.3) is 0 Å². The monoisotopic (exact) mass is 337 g/mol. The van der Waals surface area contributed by atoms with E-state index in [1.54, 1.807) is 11.9 Å². The van der Waals surface area contributed by atoms with Crippen LogP contribution in [-0.4, -0.2) is 28.6 Å². The molecule has 0 aliphatic heterocycles. The normalized spacial score (nSPS) is 9.79. The van der Waals surface area contributed by atoms with E-state index in [9.17, 15) is 4.79 Å². The predicted molar refractivity (Wildman–Crippen MR) is 91.7 cm³/mol. The summed E-state index contributed by atoms with van der Waals surface area (Å²) in [6.45, 7) is 0.508. The lowest BCUT2D eigenvalue weighted by atomic mass is 10.2. The van der Waals surface area contributed by atoms with Gasteiger partial charge in [-0.05, 0) is 11.6 Å². The van der Waals surface area contributed by atoms with Crippen LogP contribution in [0.5, 0.6) is 0 Å². The van der Waals surface area contributed by atoms with Gasteiger partial charge in [-0.25, -0.2) is 4.98 Å². The number of hydrogen-bond donors (Lipinski definition) is 1. The summed E-state index contributed by atoms with van der Waals surface area (Å²) in [5.74, 6) is 0.109. The molecule has 0 spiro atoms. The first-order chi connectivity index (χ1) is 11.5. The minimum atomic E-state index is -0.0857. The molecule has 2 aromatic rings. The molecule has 0 saturated carbocycles. The molecule has 2 N–H and O–H groups in total. The second-order valence-corrected chi connectivity index (χ2v) is 5.99. The van der Waals surface area contributed by atoms with E-state index in [2.05, 4.69) is 4.98 Å². The van der Waals surface area contributed by atoms with Crippen molar-refractivity contribution in [3.63, 3.8) is 0 Å². The molecule has 1 aromatic heterocycles. The molecule has 6 nitrogen and oxygen atoms in total. The van der Waals surface area contributed by atoms with Gasteiger partial charge in [0, 0.05) is 13.6 Å². The number of carbonyl (C=O) groups excluding carboxylic acids is 1. The van der Waals surface area contributed by atoms with Crippen molar-refractivity contribution < 1.29 is 4.79 Å². The van der Waals surface area contributed by atoms with E-state index in [1.807, 2.05) is 42.5 Å². The molecule has 120 valence electrons. The van der Waals surface area contributed by atoms with E-state index in [4.69, 9.17) is 16.3 Å². The number of carbonyl (C=O) groups is 1. The Morgan fingerprint density at radius 2 is 1.92 bits per heavy atom. The molecule has 0 unspecified atom stereocenters. The van der Waals surface area contributed by atoms with Crippen molar-refractivity contribution >= 4 is 23.5 Å². The van der Waals surface area contributed by atoms with Gasteiger partial charge in [0.1, 0.15) is 23.0 Å². The number of nitriles is 2. The van der Waals surface area contributed by atoms with Crippen LogP contribution in [0.3, 0.4) is 0 Å². The Morgan fingerprint density at radius 1 is 1.25 bits per heavy atom. The summed E-state index contributed by atoms with van der Waals surface area (Å²) in [5, 5.41) is 18.4. The Balaban J connectivity index is 2.03. The molecule has 2 rings (SSSR count). The number of nitrogens with two attached hydrogens (primary N) is 1. The van der Waals surface area contributed by atoms with Gasteiger partial charge in [-0.1, -0.05) is 42.1 Å². The Morgan fingerprint density at radius 3 is 2.54 bits per heavy atom. The van der Waals surface area contributed by atoms with Gasteiger partial charge in [0.15, 0.2) is 0 Å². The smallest absolute Gasteiger partial charge is 0.233 e. The summed E-state index contributed by atoms with van der Waals surface area (Å²) in [6, 6.07) is 14.9. The number of aromatic nitrogens is 1. The van der Waals surface area contributed by atoms with Crippen LogP contribution < -0.4 is 5.73 Å². The van der Waals surface area contributed by atoms with E-state index < -0.39 is 0 Å². The second-order valence-electron chi connectivity index (χ2n) is 5.02. The quantitative estimate of drug-likeness (QED) is 0.838. The lowest BCUT2D eigenvalue weighted by Gasteiger charge is -2.17. The summed E-state index contributed by atoms with van der Waals surface area (Å²) in [4.78, 5) is 17.9. The Bertz CT molecular complexity index is 823. The molecule has 0 radical (unpaired) electrons. The topological polar surface area (TPSA) is 107 Å². The molecular formula is C17H15N5OS. The number of hydrogen-bond acceptors (Lipinski definition) is 6. The zero-order chi connectivity index (χ0) is 17.5. The minimum Gasteiger partial charge on any atom is -0.383 e. The van der Waals surface area contributed by atoms with Gasteiger partial charge in [-0.2, -0.15) is 10.5 Å². The van der Waals surface area contributed by atoms with E-state index >= 15 is 0 Å². The minimum absolute atomic E-state index is 0.0593. The second kappa shape index (κ2) is 8.00. The fourth-order valence-electron chi connectivity index (χ4n) is 1.98. The number of rotatable bonds is 5. The molecule has 1 aromatic carbocycles. The van der Waals surface area contributed by atoms with E-state index in [0.717, 1.165) is 17.3 Å². The van der Waals surface area contributed by atoms with Crippen LogP contribution in [0.4, 0.5) is 5.82 Å². The lowest BCUT2D eigenvalue weighted by Crippen LogP contribution is -2.27. The van der Waals surface area contributed by atoms with Crippen molar-refractivity contribution in [1.29, 1.82) is 10.5 Å². The first kappa shape index (κ1) is 17.3. The summed E-state index contributed by atoms with van der Waals surface area (Å²) < 4.78 is 0. The van der Waals surface area contributed by atoms with Crippen molar-refractivity contribution in [1.82, 2.24) is 9.88 Å². The largest absolute Gasteiger partial charge is 0.383 e. The number of amides is 1. The highest BCUT2D eigenvalue weighted by Crippen LogP contribution is 2.24. The molecule has 24 heavy (non-hydrogen) atoms. The molecule has 0 atom stereocenters. The molecule has 1 heterocycles. The van der Waals surface area contributed by atoms with Crippen LogP contribution in [0, 0.1) is 22.7 Å². The van der Waals surface area contributed by atoms with Crippen molar-refractivity contribution in [2.75, 3.05) is 18.5 Å². The molecule has 0 aliphatic rings. The SMILES string of the molecule is CN(Cc1ccccc1)C(=O)CSc1nc(N)c(C#N)cc1C#N. The number of thioether (sulfide) groups is 1. The number of anilines is 1. The summed E-state index contributed by atoms with van der Waals surface area (Å²) in [7, 11) is 1.72. The van der Waals surface area contributed by atoms with Crippen LogP contribution in [0.15, 0.2) is 41.4 Å². The fraction of sp³-hybridized carbons (Fsp3) is 0.176. The maximum atomic E-state index is 12.2. The van der Waals surface area contributed by atoms with E-state index in [-0.39, 0.29) is 28.6 Å². The third kappa shape index (κ3) is 4.25. The standard InChI is InChI=1S/C17H15N5OS/c1-22(10-12-5-3-2-4-6-12)15(23)11-24-17-14(9-19)7-13(8-18)16(20)21-17/h2-7H,10-11H2,1H3,(H2,20,21). The highest BCUT2D eigenvalue weighted by molar-refractivity contribution is 8.00. The average Bonchev–Trinajstić information content (AvgIpc) is 2.60. The van der Waals surface area contributed by atoms with Gasteiger partial charge in [-0.15, -0.1) is 0 Å². The number of nitrogens with zero attached hydrogens (tertiary/aromatic N) is 4. The fourth-order valence-corrected chi connectivity index (χ4v) is 2.88. The van der Waals surface area contributed by atoms with Crippen molar-refractivity contribution in [3.05, 3.63) is 53.1 Å². The Kier molecular flexibility index (Phi) is 5.78. The van der Waals surface area contributed by atoms with Gasteiger partial charge in [-0.3, -0.25) is 4.79 Å². The molecule has 0 bridgehead atoms. The van der Waals surface area contributed by atoms with Crippen molar-refractivity contribution in [3.8, 4) is 12.1 Å². The highest BCUT2D eigenvalue weighted by atomic mass is 32.2. The molecule has 0 aliphatic carbocycles. The van der Waals surface area contributed by atoms with Crippen LogP contribution in [0.2, 0.25) is 0 Å². The van der Waals surface area contributed by atoms with Crippen LogP contribution in [-0.2, 0) is 11.3 Å². The number of pyridine rings is 1. The lowest BCUT2D eigenvalue weighted by molar-refractivity contribution is -0.127. The van der Waals surface area contributed by atoms with Crippen molar-refractivity contribution in [2.45, 2.75) is 11.6 Å². The predicted octanol–water partition coefficient (Wildman–Crippen LogP) is 2.16. The highest BCUT2D eigenvalue weighted by Gasteiger charge is 2.14. The van der Waals surface area contributed by atoms with Gasteiger partial charge in [0.05, 0.1) is 16.9 Å². The van der Waals surface area contributed by atoms with E-state index in [0.29, 0.717) is 11.6 Å². The summed E-state index contributed by atoms with van der Waals surface area (Å²) >= 11 is 1.14. The van der Waals surface area contributed by atoms with Crippen LogP contribution in [0.25, 0.3) is 0 Å². The third-order valence-electron chi connectivity index (χ3n) is 3.28. The molecule has 7 heteroatoms. The maximum absolute atomic E-state index is 12.2. The number of benzene rings is 1. The maximum Gasteiger partial charge on any atom is 0.233 e. The molecule has 0 saturated heterocycles. The zero-order valence-corrected chi connectivity index (χ0v) is 13.9. The molecular weight excluding hydrogens is 322 g/mol. The van der Waals surface area contributed by atoms with Gasteiger partial charge in [0.2, 0.25) is 5.91 Å². The molecule has 1 amide bonds. The summed E-state index contributed by atoms with van der Waals surface area (Å²) in [6.07, 6.45) is 0. The Hall–Kier alpha value is -3.03. The van der Waals surface area contributed by atoms with E-state index in [1.165, 1.54) is 6.07 Å². The van der Waals surface area contributed by atoms with Gasteiger partial charge >= 0.3 is 0 Å². The molecule has 0 fully saturated rings. The van der Waals surface area contributed by atoms with Crippen LogP contribution >= 0.6 is 11.8 Å². The first-order valence-electron chi connectivity index (χ1n) is 7.06. The summed E-state index contributed by atoms with van der Waals surface area (Å²) in [5.41, 5.74) is 7.11. The third-order valence-corrected chi connectivity index (χ3v) is 4.25. The van der Waals surface area contributed by atoms with Crippen molar-refractivity contribution in [2.24, 2.45) is 0 Å². The zero-order valence-electron chi connectivity index (χ0n) is 13.1. The van der Waals surface area contributed by atoms with Crippen LogP contribution in [0.1, 0.15) is 16.7 Å². The Labute approximate surface area is 144 Å².